The van der Waals surface area contributed by atoms with Gasteiger partial charge in [0.1, 0.15) is 11.6 Å². The Balaban J connectivity index is 1.26. The highest BCUT2D eigenvalue weighted by Gasteiger charge is 2.22. The van der Waals surface area contributed by atoms with Crippen LogP contribution in [0.5, 0.6) is 0 Å². The van der Waals surface area contributed by atoms with Crippen molar-refractivity contribution in [3.8, 4) is 0 Å². The SMILES string of the molecule is O=C(Nc1n[nH]c2ccc(Cc3cc(F)cc(F)c3)cc12)c1ccc(C2CNCCN2)cc1NC1CCOCC1. The molecule has 3 heterocycles. The first-order valence-electron chi connectivity index (χ1n) is 13.7. The van der Waals surface area contributed by atoms with Gasteiger partial charge in [0.05, 0.1) is 11.1 Å². The van der Waals surface area contributed by atoms with E-state index < -0.39 is 11.6 Å². The Labute approximate surface area is 230 Å². The van der Waals surface area contributed by atoms with E-state index in [2.05, 4.69) is 37.5 Å². The summed E-state index contributed by atoms with van der Waals surface area (Å²) in [5.74, 6) is -1.11. The van der Waals surface area contributed by atoms with Crippen molar-refractivity contribution in [2.45, 2.75) is 31.3 Å². The summed E-state index contributed by atoms with van der Waals surface area (Å²) in [5.41, 5.74) is 4.54. The molecule has 6 rings (SSSR count). The summed E-state index contributed by atoms with van der Waals surface area (Å²) in [6.07, 6.45) is 2.08. The molecule has 2 aliphatic rings. The zero-order chi connectivity index (χ0) is 27.5. The molecule has 0 radical (unpaired) electrons. The molecule has 3 aromatic carbocycles. The molecule has 1 atom stereocenters. The summed E-state index contributed by atoms with van der Waals surface area (Å²) in [6.45, 7) is 4.03. The van der Waals surface area contributed by atoms with E-state index in [4.69, 9.17) is 4.74 Å². The third kappa shape index (κ3) is 5.99. The maximum absolute atomic E-state index is 13.7. The zero-order valence-electron chi connectivity index (χ0n) is 22.0. The normalized spacial score (nSPS) is 18.1. The minimum absolute atomic E-state index is 0.168. The van der Waals surface area contributed by atoms with Crippen LogP contribution < -0.4 is 21.3 Å². The van der Waals surface area contributed by atoms with Crippen molar-refractivity contribution in [2.75, 3.05) is 43.5 Å². The van der Waals surface area contributed by atoms with Gasteiger partial charge in [-0.15, -0.1) is 0 Å². The van der Waals surface area contributed by atoms with E-state index in [1.807, 2.05) is 30.3 Å². The predicted octanol–water partition coefficient (Wildman–Crippen LogP) is 4.51. The highest BCUT2D eigenvalue weighted by atomic mass is 19.1. The fourth-order valence-electron chi connectivity index (χ4n) is 5.44. The van der Waals surface area contributed by atoms with Gasteiger partial charge in [-0.1, -0.05) is 12.1 Å². The summed E-state index contributed by atoms with van der Waals surface area (Å²) in [7, 11) is 0. The van der Waals surface area contributed by atoms with Crippen molar-refractivity contribution in [1.82, 2.24) is 20.8 Å². The highest BCUT2D eigenvalue weighted by Crippen LogP contribution is 2.28. The summed E-state index contributed by atoms with van der Waals surface area (Å²) in [5, 5.41) is 21.5. The van der Waals surface area contributed by atoms with Crippen LogP contribution in [-0.2, 0) is 11.2 Å². The standard InChI is InChI=1S/C30H32F2N6O2/c31-21-12-19(13-22(32)16-21)11-18-1-4-26-25(14-18)29(38-37-26)36-30(39)24-3-2-20(28-17-33-7-8-34-28)15-27(24)35-23-5-9-40-10-6-23/h1-4,12-16,23,28,33-35H,5-11,17H2,(H2,36,37,38,39). The second-order valence-corrected chi connectivity index (χ2v) is 10.4. The van der Waals surface area contributed by atoms with Gasteiger partial charge in [-0.25, -0.2) is 8.78 Å². The number of nitrogens with zero attached hydrogens (tertiary/aromatic N) is 1. The maximum Gasteiger partial charge on any atom is 0.258 e. The van der Waals surface area contributed by atoms with Gasteiger partial charge in [-0.3, -0.25) is 9.89 Å². The number of nitrogens with one attached hydrogen (secondary N) is 5. The Morgan fingerprint density at radius 2 is 1.80 bits per heavy atom. The molecule has 4 aromatic rings. The number of piperazine rings is 1. The van der Waals surface area contributed by atoms with Crippen molar-refractivity contribution < 1.29 is 18.3 Å². The Bertz CT molecular complexity index is 1490. The first kappa shape index (κ1) is 26.4. The lowest BCUT2D eigenvalue weighted by Crippen LogP contribution is -2.42. The Morgan fingerprint density at radius 1 is 0.975 bits per heavy atom. The molecular weight excluding hydrogens is 514 g/mol. The van der Waals surface area contributed by atoms with E-state index in [0.717, 1.165) is 66.3 Å². The summed E-state index contributed by atoms with van der Waals surface area (Å²) >= 11 is 0. The molecule has 208 valence electrons. The number of ether oxygens (including phenoxy) is 1. The third-order valence-corrected chi connectivity index (χ3v) is 7.50. The van der Waals surface area contributed by atoms with E-state index in [1.54, 1.807) is 0 Å². The number of hydrogen-bond acceptors (Lipinski definition) is 6. The van der Waals surface area contributed by atoms with Gasteiger partial charge in [0.25, 0.3) is 5.91 Å². The molecule has 10 heteroatoms. The van der Waals surface area contributed by atoms with Crippen LogP contribution in [0.25, 0.3) is 10.9 Å². The molecule has 1 unspecified atom stereocenters. The van der Waals surface area contributed by atoms with Crippen molar-refractivity contribution in [1.29, 1.82) is 0 Å². The summed E-state index contributed by atoms with van der Waals surface area (Å²) < 4.78 is 32.9. The van der Waals surface area contributed by atoms with Gasteiger partial charge in [-0.05, 0) is 72.4 Å². The van der Waals surface area contributed by atoms with E-state index >= 15 is 0 Å². The van der Waals surface area contributed by atoms with Gasteiger partial charge in [0, 0.05) is 62.1 Å². The molecule has 0 saturated carbocycles. The molecule has 5 N–H and O–H groups in total. The molecule has 2 aliphatic heterocycles. The lowest BCUT2D eigenvalue weighted by Gasteiger charge is -2.28. The van der Waals surface area contributed by atoms with Crippen LogP contribution >= 0.6 is 0 Å². The lowest BCUT2D eigenvalue weighted by atomic mass is 10.00. The van der Waals surface area contributed by atoms with Crippen LogP contribution in [0, 0.1) is 11.6 Å². The first-order chi connectivity index (χ1) is 19.5. The highest BCUT2D eigenvalue weighted by molar-refractivity contribution is 6.10. The van der Waals surface area contributed by atoms with Crippen molar-refractivity contribution >= 4 is 28.3 Å². The Morgan fingerprint density at radius 3 is 2.58 bits per heavy atom. The van der Waals surface area contributed by atoms with Gasteiger partial charge >= 0.3 is 0 Å². The number of anilines is 2. The molecule has 2 fully saturated rings. The maximum atomic E-state index is 13.7. The fraction of sp³-hybridized carbons (Fsp3) is 0.333. The second kappa shape index (κ2) is 11.7. The minimum Gasteiger partial charge on any atom is -0.381 e. The van der Waals surface area contributed by atoms with Crippen LogP contribution in [0.2, 0.25) is 0 Å². The van der Waals surface area contributed by atoms with E-state index in [-0.39, 0.29) is 18.0 Å². The minimum atomic E-state index is -0.612. The van der Waals surface area contributed by atoms with Crippen LogP contribution in [-0.4, -0.2) is 55.0 Å². The average Bonchev–Trinajstić information content (AvgIpc) is 3.35. The number of carbonyl (C=O) groups is 1. The predicted molar refractivity (Wildman–Crippen MR) is 151 cm³/mol. The molecule has 1 aromatic heterocycles. The number of carbonyl (C=O) groups excluding carboxylic acids is 1. The van der Waals surface area contributed by atoms with Crippen LogP contribution in [0.4, 0.5) is 20.3 Å². The largest absolute Gasteiger partial charge is 0.381 e. The topological polar surface area (TPSA) is 103 Å². The fourth-order valence-corrected chi connectivity index (χ4v) is 5.44. The monoisotopic (exact) mass is 546 g/mol. The second-order valence-electron chi connectivity index (χ2n) is 10.4. The molecule has 0 spiro atoms. The zero-order valence-corrected chi connectivity index (χ0v) is 22.0. The molecule has 0 bridgehead atoms. The Kier molecular flexibility index (Phi) is 7.72. The number of rotatable bonds is 7. The molecule has 2 saturated heterocycles. The van der Waals surface area contributed by atoms with Gasteiger partial charge in [-0.2, -0.15) is 5.10 Å². The summed E-state index contributed by atoms with van der Waals surface area (Å²) in [4.78, 5) is 13.6. The first-order valence-corrected chi connectivity index (χ1v) is 13.7. The van der Waals surface area contributed by atoms with Crippen molar-refractivity contribution in [2.24, 2.45) is 0 Å². The number of fused-ring (bicyclic) bond motifs is 1. The van der Waals surface area contributed by atoms with E-state index in [9.17, 15) is 13.6 Å². The number of benzene rings is 3. The van der Waals surface area contributed by atoms with Crippen LogP contribution in [0.3, 0.4) is 0 Å². The summed E-state index contributed by atoms with van der Waals surface area (Å²) in [6, 6.07) is 15.4. The third-order valence-electron chi connectivity index (χ3n) is 7.50. The number of aromatic nitrogens is 2. The number of amides is 1. The molecule has 1 amide bonds. The molecule has 40 heavy (non-hydrogen) atoms. The average molecular weight is 547 g/mol. The quantitative estimate of drug-likeness (QED) is 0.234. The van der Waals surface area contributed by atoms with Crippen LogP contribution in [0.1, 0.15) is 45.9 Å². The van der Waals surface area contributed by atoms with Crippen molar-refractivity contribution in [3.63, 3.8) is 0 Å². The van der Waals surface area contributed by atoms with Gasteiger partial charge in [0.15, 0.2) is 5.82 Å². The van der Waals surface area contributed by atoms with Gasteiger partial charge in [0.2, 0.25) is 0 Å². The number of H-pyrrole nitrogens is 1. The van der Waals surface area contributed by atoms with E-state index in [1.165, 1.54) is 12.1 Å². The molecule has 8 nitrogen and oxygen atoms in total. The van der Waals surface area contributed by atoms with Gasteiger partial charge < -0.3 is 26.0 Å². The number of hydrogen-bond donors (Lipinski definition) is 5. The van der Waals surface area contributed by atoms with Crippen molar-refractivity contribution in [3.05, 3.63) is 88.5 Å². The lowest BCUT2D eigenvalue weighted by molar-refractivity contribution is 0.0904. The molecule has 0 aliphatic carbocycles. The number of aromatic amines is 1. The van der Waals surface area contributed by atoms with E-state index in [0.29, 0.717) is 36.6 Å². The van der Waals surface area contributed by atoms with Crippen LogP contribution in [0.15, 0.2) is 54.6 Å². The number of halogens is 2. The molecular formula is C30H32F2N6O2. The smallest absolute Gasteiger partial charge is 0.258 e. The Hall–Kier alpha value is -3.86.